The molecule has 0 spiro atoms. The van der Waals surface area contributed by atoms with Crippen LogP contribution in [0.5, 0.6) is 0 Å². The van der Waals surface area contributed by atoms with E-state index in [0.29, 0.717) is 17.9 Å². The van der Waals surface area contributed by atoms with Gasteiger partial charge in [-0.3, -0.25) is 9.48 Å². The van der Waals surface area contributed by atoms with Gasteiger partial charge in [0.25, 0.3) is 5.91 Å². The highest BCUT2D eigenvalue weighted by molar-refractivity contribution is 7.12. The van der Waals surface area contributed by atoms with E-state index in [-0.39, 0.29) is 10.8 Å². The van der Waals surface area contributed by atoms with Gasteiger partial charge in [-0.05, 0) is 37.8 Å². The van der Waals surface area contributed by atoms with E-state index in [9.17, 15) is 9.59 Å². The second-order valence-corrected chi connectivity index (χ2v) is 5.25. The van der Waals surface area contributed by atoms with Gasteiger partial charge in [-0.1, -0.05) is 0 Å². The zero-order valence-electron chi connectivity index (χ0n) is 11.4. The molecule has 20 heavy (non-hydrogen) atoms. The SMILES string of the molecule is CCn1nc(C)cc1C(=O)Nc1c(C)csc1C(=O)O. The normalized spacial score (nSPS) is 10.6. The number of thiophene rings is 1. The fraction of sp³-hybridized carbons (Fsp3) is 0.308. The minimum Gasteiger partial charge on any atom is -0.477 e. The van der Waals surface area contributed by atoms with Crippen molar-refractivity contribution >= 4 is 28.9 Å². The van der Waals surface area contributed by atoms with Crippen LogP contribution in [0.1, 0.15) is 38.3 Å². The second-order valence-electron chi connectivity index (χ2n) is 4.37. The van der Waals surface area contributed by atoms with Crippen LogP contribution in [-0.2, 0) is 6.54 Å². The first-order valence-corrected chi connectivity index (χ1v) is 6.99. The summed E-state index contributed by atoms with van der Waals surface area (Å²) < 4.78 is 1.59. The van der Waals surface area contributed by atoms with E-state index in [1.807, 2.05) is 13.8 Å². The van der Waals surface area contributed by atoms with Crippen LogP contribution >= 0.6 is 11.3 Å². The van der Waals surface area contributed by atoms with Gasteiger partial charge in [0, 0.05) is 6.54 Å². The smallest absolute Gasteiger partial charge is 0.348 e. The summed E-state index contributed by atoms with van der Waals surface area (Å²) in [5.41, 5.74) is 2.26. The molecular formula is C13H15N3O3S. The van der Waals surface area contributed by atoms with Gasteiger partial charge in [0.15, 0.2) is 0 Å². The Hall–Kier alpha value is -2.15. The lowest BCUT2D eigenvalue weighted by molar-refractivity contribution is 0.0703. The Kier molecular flexibility index (Phi) is 3.89. The number of amides is 1. The molecule has 2 aromatic rings. The average Bonchev–Trinajstić information content (AvgIpc) is 2.93. The summed E-state index contributed by atoms with van der Waals surface area (Å²) >= 11 is 1.10. The van der Waals surface area contributed by atoms with Gasteiger partial charge in [0.2, 0.25) is 0 Å². The molecule has 0 saturated heterocycles. The number of carboxylic acids is 1. The Morgan fingerprint density at radius 1 is 1.45 bits per heavy atom. The topological polar surface area (TPSA) is 84.2 Å². The summed E-state index contributed by atoms with van der Waals surface area (Å²) in [4.78, 5) is 23.5. The number of nitrogens with zero attached hydrogens (tertiary/aromatic N) is 2. The van der Waals surface area contributed by atoms with Crippen molar-refractivity contribution in [3.05, 3.63) is 33.3 Å². The first-order chi connectivity index (χ1) is 9.43. The highest BCUT2D eigenvalue weighted by Crippen LogP contribution is 2.28. The molecule has 0 fully saturated rings. The molecule has 0 aliphatic carbocycles. The monoisotopic (exact) mass is 293 g/mol. The lowest BCUT2D eigenvalue weighted by Crippen LogP contribution is -2.18. The Morgan fingerprint density at radius 3 is 2.75 bits per heavy atom. The third-order valence-corrected chi connectivity index (χ3v) is 3.93. The molecule has 2 aromatic heterocycles. The average molecular weight is 293 g/mol. The molecule has 0 unspecified atom stereocenters. The molecule has 7 heteroatoms. The fourth-order valence-corrected chi connectivity index (χ4v) is 2.75. The molecule has 0 bridgehead atoms. The van der Waals surface area contributed by atoms with Crippen LogP contribution in [0.3, 0.4) is 0 Å². The van der Waals surface area contributed by atoms with E-state index in [4.69, 9.17) is 5.11 Å². The summed E-state index contributed by atoms with van der Waals surface area (Å²) in [6, 6.07) is 1.68. The maximum absolute atomic E-state index is 12.3. The summed E-state index contributed by atoms with van der Waals surface area (Å²) in [6.07, 6.45) is 0. The summed E-state index contributed by atoms with van der Waals surface area (Å²) in [6.45, 7) is 6.04. The van der Waals surface area contributed by atoms with Crippen molar-refractivity contribution in [3.63, 3.8) is 0 Å². The highest BCUT2D eigenvalue weighted by atomic mass is 32.1. The summed E-state index contributed by atoms with van der Waals surface area (Å²) in [7, 11) is 0. The Morgan fingerprint density at radius 2 is 2.15 bits per heavy atom. The maximum atomic E-state index is 12.3. The van der Waals surface area contributed by atoms with Gasteiger partial charge in [0.1, 0.15) is 10.6 Å². The quantitative estimate of drug-likeness (QED) is 0.907. The largest absolute Gasteiger partial charge is 0.477 e. The van der Waals surface area contributed by atoms with E-state index in [1.165, 1.54) is 0 Å². The molecule has 2 N–H and O–H groups in total. The van der Waals surface area contributed by atoms with Gasteiger partial charge < -0.3 is 10.4 Å². The Labute approximate surface area is 120 Å². The number of aromatic carboxylic acids is 1. The van der Waals surface area contributed by atoms with Crippen LogP contribution in [0.4, 0.5) is 5.69 Å². The third kappa shape index (κ3) is 2.57. The Balaban J connectivity index is 2.32. The lowest BCUT2D eigenvalue weighted by atomic mass is 10.2. The predicted octanol–water partition coefficient (Wildman–Crippen LogP) is 2.53. The van der Waals surface area contributed by atoms with Gasteiger partial charge in [-0.15, -0.1) is 11.3 Å². The molecule has 2 heterocycles. The van der Waals surface area contributed by atoms with Gasteiger partial charge >= 0.3 is 5.97 Å². The first-order valence-electron chi connectivity index (χ1n) is 6.11. The molecule has 0 aliphatic heterocycles. The summed E-state index contributed by atoms with van der Waals surface area (Å²) in [5, 5.41) is 17.7. The highest BCUT2D eigenvalue weighted by Gasteiger charge is 2.20. The van der Waals surface area contributed by atoms with Crippen molar-refractivity contribution < 1.29 is 14.7 Å². The molecule has 1 amide bonds. The number of nitrogens with one attached hydrogen (secondary N) is 1. The molecule has 2 rings (SSSR count). The first kappa shape index (κ1) is 14.3. The number of carbonyl (C=O) groups is 2. The van der Waals surface area contributed by atoms with Crippen molar-refractivity contribution in [2.75, 3.05) is 5.32 Å². The fourth-order valence-electron chi connectivity index (χ4n) is 1.90. The molecule has 106 valence electrons. The minimum absolute atomic E-state index is 0.134. The number of aromatic nitrogens is 2. The van der Waals surface area contributed by atoms with E-state index in [1.54, 1.807) is 23.1 Å². The van der Waals surface area contributed by atoms with Gasteiger partial charge in [-0.2, -0.15) is 5.10 Å². The number of rotatable bonds is 4. The van der Waals surface area contributed by atoms with Crippen LogP contribution in [0.15, 0.2) is 11.4 Å². The van der Waals surface area contributed by atoms with Crippen molar-refractivity contribution in [3.8, 4) is 0 Å². The molecule has 0 atom stereocenters. The zero-order valence-corrected chi connectivity index (χ0v) is 12.2. The third-order valence-electron chi connectivity index (χ3n) is 2.84. The maximum Gasteiger partial charge on any atom is 0.348 e. The van der Waals surface area contributed by atoms with Crippen LogP contribution < -0.4 is 5.32 Å². The molecule has 0 saturated carbocycles. The van der Waals surface area contributed by atoms with Crippen LogP contribution in [0.2, 0.25) is 0 Å². The van der Waals surface area contributed by atoms with Crippen LogP contribution in [-0.4, -0.2) is 26.8 Å². The number of anilines is 1. The molecular weight excluding hydrogens is 278 g/mol. The van der Waals surface area contributed by atoms with Gasteiger partial charge in [0.05, 0.1) is 11.4 Å². The molecule has 6 nitrogen and oxygen atoms in total. The number of aryl methyl sites for hydroxylation is 3. The van der Waals surface area contributed by atoms with E-state index in [0.717, 1.165) is 22.6 Å². The zero-order chi connectivity index (χ0) is 14.9. The lowest BCUT2D eigenvalue weighted by Gasteiger charge is -2.07. The standard InChI is InChI=1S/C13H15N3O3S/c1-4-16-9(5-8(3)15-16)12(17)14-10-7(2)6-20-11(10)13(18)19/h5-6H,4H2,1-3H3,(H,14,17)(H,18,19). The van der Waals surface area contributed by atoms with E-state index < -0.39 is 5.97 Å². The Bertz CT molecular complexity index is 672. The van der Waals surface area contributed by atoms with Crippen LogP contribution in [0.25, 0.3) is 0 Å². The summed E-state index contributed by atoms with van der Waals surface area (Å²) in [5.74, 6) is -1.39. The predicted molar refractivity (Wildman–Crippen MR) is 76.6 cm³/mol. The molecule has 0 aliphatic rings. The second kappa shape index (κ2) is 5.46. The van der Waals surface area contributed by atoms with Crippen molar-refractivity contribution in [1.82, 2.24) is 9.78 Å². The van der Waals surface area contributed by atoms with Crippen molar-refractivity contribution in [2.45, 2.75) is 27.3 Å². The number of hydrogen-bond donors (Lipinski definition) is 2. The number of carbonyl (C=O) groups excluding carboxylic acids is 1. The van der Waals surface area contributed by atoms with Crippen molar-refractivity contribution in [2.24, 2.45) is 0 Å². The molecule has 0 aromatic carbocycles. The number of carboxylic acid groups (broad SMARTS) is 1. The molecule has 0 radical (unpaired) electrons. The minimum atomic E-state index is -1.04. The van der Waals surface area contributed by atoms with Gasteiger partial charge in [-0.25, -0.2) is 4.79 Å². The number of hydrogen-bond acceptors (Lipinski definition) is 4. The van der Waals surface area contributed by atoms with E-state index >= 15 is 0 Å². The van der Waals surface area contributed by atoms with Crippen molar-refractivity contribution in [1.29, 1.82) is 0 Å². The van der Waals surface area contributed by atoms with Crippen LogP contribution in [0, 0.1) is 13.8 Å². The van der Waals surface area contributed by atoms with E-state index in [2.05, 4.69) is 10.4 Å².